The van der Waals surface area contributed by atoms with E-state index in [1.165, 1.54) is 12.8 Å². The van der Waals surface area contributed by atoms with Gasteiger partial charge in [-0.3, -0.25) is 0 Å². The molecule has 17 heavy (non-hydrogen) atoms. The third-order valence-corrected chi connectivity index (χ3v) is 3.03. The van der Waals surface area contributed by atoms with Crippen LogP contribution in [0.2, 0.25) is 5.02 Å². The molecule has 2 atom stereocenters. The molecule has 2 unspecified atom stereocenters. The molecular formula is C14H22ClNO. The predicted molar refractivity (Wildman–Crippen MR) is 73.3 cm³/mol. The number of hydrogen-bond donors (Lipinski definition) is 1. The van der Waals surface area contributed by atoms with Gasteiger partial charge in [-0.05, 0) is 30.0 Å². The lowest BCUT2D eigenvalue weighted by molar-refractivity contribution is 0.0351. The highest BCUT2D eigenvalue weighted by atomic mass is 35.5. The van der Waals surface area contributed by atoms with Gasteiger partial charge in [-0.1, -0.05) is 44.0 Å². The molecule has 0 saturated heterocycles. The monoisotopic (exact) mass is 255 g/mol. The second-order valence-corrected chi connectivity index (χ2v) is 4.94. The first kappa shape index (κ1) is 14.5. The minimum atomic E-state index is -0.0481. The summed E-state index contributed by atoms with van der Waals surface area (Å²) in [5, 5.41) is 0.728. The molecule has 0 fully saturated rings. The Morgan fingerprint density at radius 3 is 2.76 bits per heavy atom. The summed E-state index contributed by atoms with van der Waals surface area (Å²) in [4.78, 5) is 0. The molecule has 0 aromatic heterocycles. The predicted octanol–water partition coefficient (Wildman–Crippen LogP) is 3.79. The number of ether oxygens (including phenoxy) is 1. The van der Waals surface area contributed by atoms with Gasteiger partial charge in [-0.2, -0.15) is 0 Å². The van der Waals surface area contributed by atoms with Crippen LogP contribution in [-0.2, 0) is 4.74 Å². The smallest absolute Gasteiger partial charge is 0.0947 e. The first-order valence-electron chi connectivity index (χ1n) is 6.24. The first-order chi connectivity index (χ1) is 8.17. The third kappa shape index (κ3) is 5.07. The number of hydrogen-bond acceptors (Lipinski definition) is 2. The normalized spacial score (nSPS) is 14.6. The van der Waals surface area contributed by atoms with Gasteiger partial charge in [-0.25, -0.2) is 0 Å². The zero-order valence-electron chi connectivity index (χ0n) is 10.7. The number of halogens is 1. The van der Waals surface area contributed by atoms with E-state index in [4.69, 9.17) is 22.1 Å². The molecule has 0 aliphatic carbocycles. The van der Waals surface area contributed by atoms with Crippen LogP contribution in [0.1, 0.15) is 38.4 Å². The lowest BCUT2D eigenvalue weighted by Gasteiger charge is -2.19. The summed E-state index contributed by atoms with van der Waals surface area (Å²) in [7, 11) is 0. The van der Waals surface area contributed by atoms with Crippen LogP contribution in [0.25, 0.3) is 0 Å². The lowest BCUT2D eigenvalue weighted by atomic mass is 10.1. The van der Waals surface area contributed by atoms with Crippen LogP contribution in [0.4, 0.5) is 0 Å². The SMILES string of the molecule is CCCC(C)COC(CN)c1cccc(Cl)c1. The minimum absolute atomic E-state index is 0.0481. The summed E-state index contributed by atoms with van der Waals surface area (Å²) in [5.41, 5.74) is 6.81. The highest BCUT2D eigenvalue weighted by Gasteiger charge is 2.12. The standard InChI is InChI=1S/C14H22ClNO/c1-3-5-11(2)10-17-14(9-16)12-6-4-7-13(15)8-12/h4,6-8,11,14H,3,5,9-10,16H2,1-2H3. The van der Waals surface area contributed by atoms with E-state index in [2.05, 4.69) is 13.8 Å². The summed E-state index contributed by atoms with van der Waals surface area (Å²) < 4.78 is 5.86. The molecule has 2 nitrogen and oxygen atoms in total. The summed E-state index contributed by atoms with van der Waals surface area (Å²) >= 11 is 5.96. The van der Waals surface area contributed by atoms with Crippen molar-refractivity contribution in [3.8, 4) is 0 Å². The van der Waals surface area contributed by atoms with Crippen molar-refractivity contribution < 1.29 is 4.74 Å². The number of nitrogens with two attached hydrogens (primary N) is 1. The largest absolute Gasteiger partial charge is 0.372 e. The second-order valence-electron chi connectivity index (χ2n) is 4.51. The van der Waals surface area contributed by atoms with Gasteiger partial charge in [-0.15, -0.1) is 0 Å². The van der Waals surface area contributed by atoms with Crippen molar-refractivity contribution in [2.24, 2.45) is 11.7 Å². The van der Waals surface area contributed by atoms with E-state index >= 15 is 0 Å². The first-order valence-corrected chi connectivity index (χ1v) is 6.62. The Bertz CT molecular complexity index is 330. The highest BCUT2D eigenvalue weighted by Crippen LogP contribution is 2.21. The Morgan fingerprint density at radius 1 is 1.41 bits per heavy atom. The molecule has 0 radical (unpaired) electrons. The van der Waals surface area contributed by atoms with Crippen LogP contribution < -0.4 is 5.73 Å². The molecular weight excluding hydrogens is 234 g/mol. The van der Waals surface area contributed by atoms with E-state index in [-0.39, 0.29) is 6.10 Å². The van der Waals surface area contributed by atoms with Gasteiger partial charge in [0.05, 0.1) is 12.7 Å². The molecule has 0 heterocycles. The Hall–Kier alpha value is -0.570. The maximum absolute atomic E-state index is 5.96. The fourth-order valence-corrected chi connectivity index (χ4v) is 2.06. The molecule has 96 valence electrons. The van der Waals surface area contributed by atoms with E-state index in [1.807, 2.05) is 24.3 Å². The third-order valence-electron chi connectivity index (χ3n) is 2.80. The fourth-order valence-electron chi connectivity index (χ4n) is 1.86. The molecule has 0 spiro atoms. The molecule has 0 bridgehead atoms. The van der Waals surface area contributed by atoms with Gasteiger partial charge in [0.1, 0.15) is 0 Å². The summed E-state index contributed by atoms with van der Waals surface area (Å²) in [6.07, 6.45) is 2.33. The van der Waals surface area contributed by atoms with Gasteiger partial charge >= 0.3 is 0 Å². The van der Waals surface area contributed by atoms with Crippen molar-refractivity contribution >= 4 is 11.6 Å². The molecule has 3 heteroatoms. The Morgan fingerprint density at radius 2 is 2.18 bits per heavy atom. The lowest BCUT2D eigenvalue weighted by Crippen LogP contribution is -2.18. The van der Waals surface area contributed by atoms with Gasteiger partial charge in [0.25, 0.3) is 0 Å². The van der Waals surface area contributed by atoms with Crippen molar-refractivity contribution in [1.82, 2.24) is 0 Å². The van der Waals surface area contributed by atoms with E-state index in [1.54, 1.807) is 0 Å². The Kier molecular flexibility index (Phi) is 6.56. The maximum Gasteiger partial charge on any atom is 0.0947 e. The molecule has 2 N–H and O–H groups in total. The van der Waals surface area contributed by atoms with E-state index in [0.29, 0.717) is 12.5 Å². The topological polar surface area (TPSA) is 35.2 Å². The molecule has 0 aliphatic rings. The van der Waals surface area contributed by atoms with Crippen LogP contribution in [0, 0.1) is 5.92 Å². The molecule has 1 aromatic rings. The van der Waals surface area contributed by atoms with Gasteiger partial charge in [0.2, 0.25) is 0 Å². The molecule has 0 amide bonds. The van der Waals surface area contributed by atoms with E-state index in [9.17, 15) is 0 Å². The fraction of sp³-hybridized carbons (Fsp3) is 0.571. The summed E-state index contributed by atoms with van der Waals surface area (Å²) in [5.74, 6) is 0.577. The minimum Gasteiger partial charge on any atom is -0.372 e. The highest BCUT2D eigenvalue weighted by molar-refractivity contribution is 6.30. The summed E-state index contributed by atoms with van der Waals surface area (Å²) in [6.45, 7) is 5.63. The zero-order valence-corrected chi connectivity index (χ0v) is 11.4. The Balaban J connectivity index is 2.54. The summed E-state index contributed by atoms with van der Waals surface area (Å²) in [6, 6.07) is 7.72. The van der Waals surface area contributed by atoms with Gasteiger partial charge < -0.3 is 10.5 Å². The zero-order chi connectivity index (χ0) is 12.7. The van der Waals surface area contributed by atoms with Crippen LogP contribution in [-0.4, -0.2) is 13.2 Å². The maximum atomic E-state index is 5.96. The van der Waals surface area contributed by atoms with Crippen molar-refractivity contribution in [2.75, 3.05) is 13.2 Å². The van der Waals surface area contributed by atoms with Crippen LogP contribution >= 0.6 is 11.6 Å². The van der Waals surface area contributed by atoms with Crippen molar-refractivity contribution in [1.29, 1.82) is 0 Å². The number of rotatable bonds is 7. The Labute approximate surface area is 109 Å². The average Bonchev–Trinajstić information content (AvgIpc) is 2.30. The molecule has 1 aromatic carbocycles. The van der Waals surface area contributed by atoms with Gasteiger partial charge in [0.15, 0.2) is 0 Å². The quantitative estimate of drug-likeness (QED) is 0.805. The molecule has 0 aliphatic heterocycles. The van der Waals surface area contributed by atoms with Crippen molar-refractivity contribution in [3.63, 3.8) is 0 Å². The molecule has 0 saturated carbocycles. The second kappa shape index (κ2) is 7.70. The average molecular weight is 256 g/mol. The van der Waals surface area contributed by atoms with Gasteiger partial charge in [0, 0.05) is 11.6 Å². The van der Waals surface area contributed by atoms with Crippen LogP contribution in [0.5, 0.6) is 0 Å². The van der Waals surface area contributed by atoms with E-state index in [0.717, 1.165) is 17.2 Å². The van der Waals surface area contributed by atoms with Crippen LogP contribution in [0.3, 0.4) is 0 Å². The molecule has 1 rings (SSSR count). The number of benzene rings is 1. The van der Waals surface area contributed by atoms with Crippen molar-refractivity contribution in [3.05, 3.63) is 34.9 Å². The van der Waals surface area contributed by atoms with Crippen LogP contribution in [0.15, 0.2) is 24.3 Å². The van der Waals surface area contributed by atoms with Crippen molar-refractivity contribution in [2.45, 2.75) is 32.8 Å². The van der Waals surface area contributed by atoms with E-state index < -0.39 is 0 Å².